The Morgan fingerprint density at radius 3 is 1.93 bits per heavy atom. The minimum absolute atomic E-state index is 0.0928. The molecule has 1 unspecified atom stereocenters. The second-order valence-electron chi connectivity index (χ2n) is 2.60. The number of hydrogen-bond donors (Lipinski definition) is 1. The summed E-state index contributed by atoms with van der Waals surface area (Å²) in [5.74, 6) is 0.879. The summed E-state index contributed by atoms with van der Waals surface area (Å²) in [7, 11) is 0. The molecule has 2 N–H and O–H groups in total. The number of hydrogen-bond acceptors (Lipinski definition) is 2. The molecule has 2 heteroatoms. The zero-order valence-corrected chi connectivity index (χ0v) is 10.7. The fourth-order valence-corrected chi connectivity index (χ4v) is 0.744. The van der Waals surface area contributed by atoms with E-state index >= 15 is 0 Å². The standard InChI is InChI=1S/C9H13NO.2C2H6/c1-8(10)7-11-9-5-3-2-4-6-9;2*1-2/h2-6,8H,7,10H2,1H3;2*1-2H3. The van der Waals surface area contributed by atoms with Crippen molar-refractivity contribution in [2.24, 2.45) is 5.73 Å². The maximum absolute atomic E-state index is 5.52. The van der Waals surface area contributed by atoms with Crippen LogP contribution in [-0.2, 0) is 0 Å². The number of ether oxygens (including phenoxy) is 1. The molecule has 1 aromatic carbocycles. The number of benzene rings is 1. The normalized spacial score (nSPS) is 10.0. The van der Waals surface area contributed by atoms with Gasteiger partial charge in [-0.3, -0.25) is 0 Å². The Hall–Kier alpha value is -1.02. The second kappa shape index (κ2) is 13.0. The molecule has 0 heterocycles. The van der Waals surface area contributed by atoms with E-state index in [0.717, 1.165) is 5.75 Å². The molecule has 0 aliphatic carbocycles. The minimum atomic E-state index is 0.0928. The molecule has 0 spiro atoms. The second-order valence-corrected chi connectivity index (χ2v) is 2.60. The van der Waals surface area contributed by atoms with Gasteiger partial charge in [0.25, 0.3) is 0 Å². The highest BCUT2D eigenvalue weighted by Gasteiger charge is 1.94. The van der Waals surface area contributed by atoms with E-state index in [1.165, 1.54) is 0 Å². The summed E-state index contributed by atoms with van der Waals surface area (Å²) in [6, 6.07) is 9.77. The maximum atomic E-state index is 5.52. The molecule has 88 valence electrons. The highest BCUT2D eigenvalue weighted by Crippen LogP contribution is 2.07. The smallest absolute Gasteiger partial charge is 0.119 e. The molecule has 1 aromatic rings. The van der Waals surface area contributed by atoms with E-state index in [1.807, 2.05) is 65.0 Å². The van der Waals surface area contributed by atoms with Gasteiger partial charge in [-0.05, 0) is 19.1 Å². The first-order valence-electron chi connectivity index (χ1n) is 5.72. The van der Waals surface area contributed by atoms with Gasteiger partial charge in [-0.25, -0.2) is 0 Å². The van der Waals surface area contributed by atoms with E-state index in [9.17, 15) is 0 Å². The molecule has 0 aliphatic heterocycles. The minimum Gasteiger partial charge on any atom is -0.492 e. The molecule has 0 aliphatic rings. The molecule has 0 saturated heterocycles. The van der Waals surface area contributed by atoms with E-state index < -0.39 is 0 Å². The molecule has 1 rings (SSSR count). The van der Waals surface area contributed by atoms with Gasteiger partial charge in [-0.15, -0.1) is 0 Å². The highest BCUT2D eigenvalue weighted by molar-refractivity contribution is 5.20. The summed E-state index contributed by atoms with van der Waals surface area (Å²) >= 11 is 0. The van der Waals surface area contributed by atoms with E-state index in [0.29, 0.717) is 6.61 Å². The van der Waals surface area contributed by atoms with Gasteiger partial charge in [0, 0.05) is 6.04 Å². The van der Waals surface area contributed by atoms with Crippen molar-refractivity contribution in [3.05, 3.63) is 30.3 Å². The van der Waals surface area contributed by atoms with Crippen LogP contribution in [0.5, 0.6) is 5.75 Å². The first kappa shape index (κ1) is 16.4. The fraction of sp³-hybridized carbons (Fsp3) is 0.538. The predicted octanol–water partition coefficient (Wildman–Crippen LogP) is 3.47. The quantitative estimate of drug-likeness (QED) is 0.831. The molecule has 0 radical (unpaired) electrons. The Kier molecular flexibility index (Phi) is 14.2. The number of nitrogens with two attached hydrogens (primary N) is 1. The van der Waals surface area contributed by atoms with Crippen LogP contribution in [0.3, 0.4) is 0 Å². The molecule has 2 nitrogen and oxygen atoms in total. The van der Waals surface area contributed by atoms with Gasteiger partial charge in [0.2, 0.25) is 0 Å². The summed E-state index contributed by atoms with van der Waals surface area (Å²) in [5.41, 5.74) is 5.52. The van der Waals surface area contributed by atoms with Gasteiger partial charge in [0.15, 0.2) is 0 Å². The summed E-state index contributed by atoms with van der Waals surface area (Å²) in [5, 5.41) is 0. The lowest BCUT2D eigenvalue weighted by Gasteiger charge is -2.07. The van der Waals surface area contributed by atoms with Crippen molar-refractivity contribution in [2.45, 2.75) is 40.7 Å². The average Bonchev–Trinajstić information content (AvgIpc) is 2.33. The van der Waals surface area contributed by atoms with E-state index in [2.05, 4.69) is 0 Å². The van der Waals surface area contributed by atoms with Crippen molar-refractivity contribution in [1.82, 2.24) is 0 Å². The van der Waals surface area contributed by atoms with Crippen LogP contribution in [-0.4, -0.2) is 12.6 Å². The van der Waals surface area contributed by atoms with Crippen LogP contribution in [0.2, 0.25) is 0 Å². The van der Waals surface area contributed by atoms with Gasteiger partial charge in [-0.2, -0.15) is 0 Å². The summed E-state index contributed by atoms with van der Waals surface area (Å²) in [6.45, 7) is 10.5. The highest BCUT2D eigenvalue weighted by atomic mass is 16.5. The Labute approximate surface area is 94.5 Å². The number of rotatable bonds is 3. The molecular weight excluding hydrogens is 186 g/mol. The Morgan fingerprint density at radius 2 is 1.53 bits per heavy atom. The molecule has 0 bridgehead atoms. The van der Waals surface area contributed by atoms with Crippen LogP contribution < -0.4 is 10.5 Å². The van der Waals surface area contributed by atoms with Gasteiger partial charge >= 0.3 is 0 Å². The van der Waals surface area contributed by atoms with Gasteiger partial charge in [0.1, 0.15) is 12.4 Å². The maximum Gasteiger partial charge on any atom is 0.119 e. The third-order valence-electron chi connectivity index (χ3n) is 1.26. The van der Waals surface area contributed by atoms with Crippen molar-refractivity contribution >= 4 is 0 Å². The van der Waals surface area contributed by atoms with E-state index in [1.54, 1.807) is 0 Å². The number of para-hydroxylation sites is 1. The van der Waals surface area contributed by atoms with Crippen LogP contribution in [0.15, 0.2) is 30.3 Å². The zero-order valence-electron chi connectivity index (χ0n) is 10.7. The summed E-state index contributed by atoms with van der Waals surface area (Å²) in [4.78, 5) is 0. The predicted molar refractivity (Wildman–Crippen MR) is 68.3 cm³/mol. The van der Waals surface area contributed by atoms with Crippen LogP contribution >= 0.6 is 0 Å². The van der Waals surface area contributed by atoms with Crippen molar-refractivity contribution in [1.29, 1.82) is 0 Å². The third kappa shape index (κ3) is 10.9. The molecule has 15 heavy (non-hydrogen) atoms. The molecule has 0 aromatic heterocycles. The van der Waals surface area contributed by atoms with Gasteiger partial charge in [-0.1, -0.05) is 45.9 Å². The third-order valence-corrected chi connectivity index (χ3v) is 1.26. The topological polar surface area (TPSA) is 35.2 Å². The summed E-state index contributed by atoms with van der Waals surface area (Å²) in [6.07, 6.45) is 0. The Bertz CT molecular complexity index is 197. The molecule has 0 amide bonds. The largest absolute Gasteiger partial charge is 0.492 e. The zero-order chi connectivity index (χ0) is 12.1. The molecule has 1 atom stereocenters. The monoisotopic (exact) mass is 211 g/mol. The van der Waals surface area contributed by atoms with E-state index in [4.69, 9.17) is 10.5 Å². The fourth-order valence-electron chi connectivity index (χ4n) is 0.744. The van der Waals surface area contributed by atoms with Crippen LogP contribution in [0, 0.1) is 0 Å². The molecule has 0 fully saturated rings. The van der Waals surface area contributed by atoms with Crippen molar-refractivity contribution in [3.8, 4) is 5.75 Å². The Morgan fingerprint density at radius 1 is 1.07 bits per heavy atom. The van der Waals surface area contributed by atoms with Crippen LogP contribution in [0.4, 0.5) is 0 Å². The molecular formula is C13H25NO. The summed E-state index contributed by atoms with van der Waals surface area (Å²) < 4.78 is 5.34. The lowest BCUT2D eigenvalue weighted by molar-refractivity contribution is 0.296. The van der Waals surface area contributed by atoms with Gasteiger partial charge in [0.05, 0.1) is 0 Å². The first-order valence-corrected chi connectivity index (χ1v) is 5.72. The van der Waals surface area contributed by atoms with E-state index in [-0.39, 0.29) is 6.04 Å². The Balaban J connectivity index is 0. The van der Waals surface area contributed by atoms with Crippen molar-refractivity contribution in [2.75, 3.05) is 6.61 Å². The van der Waals surface area contributed by atoms with Crippen molar-refractivity contribution < 1.29 is 4.74 Å². The average molecular weight is 211 g/mol. The lowest BCUT2D eigenvalue weighted by Crippen LogP contribution is -2.23. The van der Waals surface area contributed by atoms with Gasteiger partial charge < -0.3 is 10.5 Å². The SMILES string of the molecule is CC.CC.CC(N)COc1ccccc1. The van der Waals surface area contributed by atoms with Crippen molar-refractivity contribution in [3.63, 3.8) is 0 Å². The lowest BCUT2D eigenvalue weighted by atomic mass is 10.3. The molecule has 0 saturated carbocycles. The first-order chi connectivity index (χ1) is 7.29. The van der Waals surface area contributed by atoms with Crippen LogP contribution in [0.25, 0.3) is 0 Å². The van der Waals surface area contributed by atoms with Crippen LogP contribution in [0.1, 0.15) is 34.6 Å².